The van der Waals surface area contributed by atoms with E-state index >= 15 is 0 Å². The molecule has 0 radical (unpaired) electrons. The highest BCUT2D eigenvalue weighted by Crippen LogP contribution is 2.42. The number of hydrogen-bond donors (Lipinski definition) is 1. The topological polar surface area (TPSA) is 42.4 Å². The molecule has 96 valence electrons. The van der Waals surface area contributed by atoms with Gasteiger partial charge >= 0.3 is 6.18 Å². The average Bonchev–Trinajstić information content (AvgIpc) is 2.25. The largest absolute Gasteiger partial charge is 0.494 e. The Bertz CT molecular complexity index is 405. The molecule has 0 aliphatic heterocycles. The molecule has 0 spiro atoms. The van der Waals surface area contributed by atoms with Crippen molar-refractivity contribution in [3.63, 3.8) is 0 Å². The lowest BCUT2D eigenvalue weighted by Crippen LogP contribution is -2.15. The Hall–Kier alpha value is -1.44. The third-order valence-corrected chi connectivity index (χ3v) is 2.04. The summed E-state index contributed by atoms with van der Waals surface area (Å²) in [4.78, 5) is 3.31. The smallest absolute Gasteiger partial charge is 0.420 e. The van der Waals surface area contributed by atoms with E-state index in [1.807, 2.05) is 0 Å². The van der Waals surface area contributed by atoms with Crippen LogP contribution in [0.3, 0.4) is 0 Å². The molecule has 0 unspecified atom stereocenters. The molecule has 1 aromatic rings. The Morgan fingerprint density at radius 3 is 2.35 bits per heavy atom. The Morgan fingerprint density at radius 1 is 1.41 bits per heavy atom. The first-order chi connectivity index (χ1) is 7.82. The van der Waals surface area contributed by atoms with Crippen molar-refractivity contribution >= 4 is 0 Å². The second-order valence-electron chi connectivity index (χ2n) is 3.02. The van der Waals surface area contributed by atoms with Crippen LogP contribution in [-0.2, 0) is 12.8 Å². The summed E-state index contributed by atoms with van der Waals surface area (Å²) in [7, 11) is 0.917. The van der Waals surface area contributed by atoms with E-state index in [1.165, 1.54) is 0 Å². The first-order valence-electron chi connectivity index (χ1n) is 4.34. The van der Waals surface area contributed by atoms with Crippen LogP contribution < -0.4 is 4.74 Å². The van der Waals surface area contributed by atoms with Crippen LogP contribution in [0, 0.1) is 0 Å². The van der Waals surface area contributed by atoms with Crippen molar-refractivity contribution in [1.82, 2.24) is 4.98 Å². The molecule has 0 aromatic carbocycles. The van der Waals surface area contributed by atoms with Crippen molar-refractivity contribution in [2.24, 2.45) is 0 Å². The summed E-state index contributed by atoms with van der Waals surface area (Å²) in [6.45, 7) is -1.01. The molecule has 0 bridgehead atoms. The summed E-state index contributed by atoms with van der Waals surface area (Å²) in [6.07, 6.45) is -7.76. The molecule has 0 aliphatic carbocycles. The van der Waals surface area contributed by atoms with E-state index in [0.29, 0.717) is 6.20 Å². The van der Waals surface area contributed by atoms with Crippen molar-refractivity contribution in [2.45, 2.75) is 19.2 Å². The highest BCUT2D eigenvalue weighted by atomic mass is 19.4. The summed E-state index contributed by atoms with van der Waals surface area (Å²) in [5, 5.41) is 8.72. The number of nitrogens with zero attached hydrogens (tertiary/aromatic N) is 1. The van der Waals surface area contributed by atoms with E-state index in [-0.39, 0.29) is 0 Å². The van der Waals surface area contributed by atoms with Crippen molar-refractivity contribution in [1.29, 1.82) is 0 Å². The Balaban J connectivity index is 3.59. The van der Waals surface area contributed by atoms with Crippen LogP contribution in [0.2, 0.25) is 0 Å². The minimum absolute atomic E-state index is 0.653. The molecular weight excluding hydrogens is 249 g/mol. The molecule has 0 atom stereocenters. The molecule has 0 saturated heterocycles. The zero-order chi connectivity index (χ0) is 13.2. The zero-order valence-corrected chi connectivity index (χ0v) is 8.55. The molecule has 0 amide bonds. The van der Waals surface area contributed by atoms with Gasteiger partial charge in [-0.25, -0.2) is 8.78 Å². The van der Waals surface area contributed by atoms with Gasteiger partial charge in [-0.3, -0.25) is 4.98 Å². The van der Waals surface area contributed by atoms with Crippen LogP contribution in [0.5, 0.6) is 5.75 Å². The minimum Gasteiger partial charge on any atom is -0.494 e. The molecule has 17 heavy (non-hydrogen) atoms. The van der Waals surface area contributed by atoms with Gasteiger partial charge in [0, 0.05) is 0 Å². The molecule has 8 heteroatoms. The first kappa shape index (κ1) is 13.6. The van der Waals surface area contributed by atoms with Crippen LogP contribution in [0.25, 0.3) is 0 Å². The molecule has 0 aliphatic rings. The van der Waals surface area contributed by atoms with E-state index in [1.54, 1.807) is 0 Å². The average molecular weight is 257 g/mol. The number of ether oxygens (including phenoxy) is 1. The molecule has 0 fully saturated rings. The summed E-state index contributed by atoms with van der Waals surface area (Å²) in [5.41, 5.74) is -3.67. The lowest BCUT2D eigenvalue weighted by molar-refractivity contribution is -0.141. The van der Waals surface area contributed by atoms with Crippen LogP contribution in [0.1, 0.15) is 23.2 Å². The predicted octanol–water partition coefficient (Wildman–Crippen LogP) is 2.54. The number of halogens is 5. The lowest BCUT2D eigenvalue weighted by Gasteiger charge is -2.17. The van der Waals surface area contributed by atoms with Crippen LogP contribution in [0.15, 0.2) is 6.20 Å². The van der Waals surface area contributed by atoms with Crippen LogP contribution in [-0.4, -0.2) is 17.2 Å². The standard InChI is InChI=1S/C9H8F5NO2/c1-17-5-2-15-4(3-16)6(8(10)11)7(5)9(12,13)14/h2,8,16H,3H2,1H3. The van der Waals surface area contributed by atoms with E-state index in [2.05, 4.69) is 9.72 Å². The summed E-state index contributed by atoms with van der Waals surface area (Å²) in [5.74, 6) is -0.801. The minimum atomic E-state index is -5.01. The fourth-order valence-electron chi connectivity index (χ4n) is 1.36. The maximum absolute atomic E-state index is 12.6. The zero-order valence-electron chi connectivity index (χ0n) is 8.55. The molecule has 1 aromatic heterocycles. The second kappa shape index (κ2) is 4.82. The van der Waals surface area contributed by atoms with Crippen molar-refractivity contribution < 1.29 is 31.8 Å². The van der Waals surface area contributed by atoms with Gasteiger partial charge in [-0.05, 0) is 0 Å². The number of aliphatic hydroxyl groups is 1. The van der Waals surface area contributed by atoms with Crippen molar-refractivity contribution in [3.05, 3.63) is 23.0 Å². The number of aromatic nitrogens is 1. The van der Waals surface area contributed by atoms with Crippen LogP contribution >= 0.6 is 0 Å². The maximum atomic E-state index is 12.6. The summed E-state index contributed by atoms with van der Waals surface area (Å²) in [6, 6.07) is 0. The Labute approximate surface area is 92.8 Å². The third-order valence-electron chi connectivity index (χ3n) is 2.04. The number of hydrogen-bond acceptors (Lipinski definition) is 3. The molecule has 1 N–H and O–H groups in total. The number of rotatable bonds is 3. The fourth-order valence-corrected chi connectivity index (χ4v) is 1.36. The van der Waals surface area contributed by atoms with Gasteiger partial charge in [-0.1, -0.05) is 0 Å². The number of pyridine rings is 1. The van der Waals surface area contributed by atoms with Gasteiger partial charge in [0.15, 0.2) is 0 Å². The van der Waals surface area contributed by atoms with Gasteiger partial charge in [0.05, 0.1) is 31.2 Å². The third kappa shape index (κ3) is 2.63. The monoisotopic (exact) mass is 257 g/mol. The predicted molar refractivity (Wildman–Crippen MR) is 46.7 cm³/mol. The lowest BCUT2D eigenvalue weighted by atomic mass is 10.1. The summed E-state index contributed by atoms with van der Waals surface area (Å²) >= 11 is 0. The van der Waals surface area contributed by atoms with E-state index in [0.717, 1.165) is 7.11 Å². The van der Waals surface area contributed by atoms with Crippen LogP contribution in [0.4, 0.5) is 22.0 Å². The normalized spacial score (nSPS) is 12.0. The van der Waals surface area contributed by atoms with E-state index in [9.17, 15) is 22.0 Å². The highest BCUT2D eigenvalue weighted by Gasteiger charge is 2.41. The fraction of sp³-hybridized carbons (Fsp3) is 0.444. The SMILES string of the molecule is COc1cnc(CO)c(C(F)F)c1C(F)(F)F. The first-order valence-corrected chi connectivity index (χ1v) is 4.34. The van der Waals surface area contributed by atoms with Gasteiger partial charge in [-0.15, -0.1) is 0 Å². The quantitative estimate of drug-likeness (QED) is 0.846. The highest BCUT2D eigenvalue weighted by molar-refractivity contribution is 5.43. The number of aliphatic hydroxyl groups excluding tert-OH is 1. The van der Waals surface area contributed by atoms with Gasteiger partial charge in [0.25, 0.3) is 6.43 Å². The number of methoxy groups -OCH3 is 1. The van der Waals surface area contributed by atoms with E-state index < -0.39 is 41.8 Å². The Morgan fingerprint density at radius 2 is 2.00 bits per heavy atom. The molecule has 1 rings (SSSR count). The Kier molecular flexibility index (Phi) is 3.87. The van der Waals surface area contributed by atoms with Crippen molar-refractivity contribution in [2.75, 3.05) is 7.11 Å². The van der Waals surface area contributed by atoms with Gasteiger partial charge < -0.3 is 9.84 Å². The molecule has 3 nitrogen and oxygen atoms in total. The summed E-state index contributed by atoms with van der Waals surface area (Å²) < 4.78 is 67.5. The molecular formula is C9H8F5NO2. The maximum Gasteiger partial charge on any atom is 0.420 e. The molecule has 1 heterocycles. The van der Waals surface area contributed by atoms with Gasteiger partial charge in [-0.2, -0.15) is 13.2 Å². The van der Waals surface area contributed by atoms with Gasteiger partial charge in [0.1, 0.15) is 11.3 Å². The van der Waals surface area contributed by atoms with E-state index in [4.69, 9.17) is 5.11 Å². The number of alkyl halides is 5. The second-order valence-corrected chi connectivity index (χ2v) is 3.02. The van der Waals surface area contributed by atoms with Gasteiger partial charge in [0.2, 0.25) is 0 Å². The van der Waals surface area contributed by atoms with Crippen molar-refractivity contribution in [3.8, 4) is 5.75 Å². The molecule has 0 saturated carbocycles.